The molecule has 0 aliphatic heterocycles. The second-order valence-electron chi connectivity index (χ2n) is 5.43. The normalized spacial score (nSPS) is 10.7. The molecule has 0 radical (unpaired) electrons. The molecule has 142 valence electrons. The first kappa shape index (κ1) is 21.9. The lowest BCUT2D eigenvalue weighted by Gasteiger charge is -2.11. The number of ether oxygens (including phenoxy) is 3. The molecule has 0 aliphatic rings. The minimum atomic E-state index is 0. The number of nitrogens with two attached hydrogens (primary N) is 1. The van der Waals surface area contributed by atoms with Crippen LogP contribution in [0.15, 0.2) is 41.4 Å². The Morgan fingerprint density at radius 2 is 1.73 bits per heavy atom. The van der Waals surface area contributed by atoms with Crippen LogP contribution in [-0.4, -0.2) is 26.8 Å². The van der Waals surface area contributed by atoms with Crippen molar-refractivity contribution in [1.82, 2.24) is 0 Å². The molecular formula is C19H26IN3O3. The molecule has 6 nitrogen and oxygen atoms in total. The number of rotatable bonds is 7. The Bertz CT molecular complexity index is 751. The Morgan fingerprint density at radius 1 is 1.04 bits per heavy atom. The summed E-state index contributed by atoms with van der Waals surface area (Å²) in [7, 11) is 3.19. The van der Waals surface area contributed by atoms with Gasteiger partial charge in [0.2, 0.25) is 0 Å². The molecule has 2 aromatic rings. The first-order valence-corrected chi connectivity index (χ1v) is 8.08. The fourth-order valence-electron chi connectivity index (χ4n) is 2.41. The van der Waals surface area contributed by atoms with E-state index < -0.39 is 0 Å². The van der Waals surface area contributed by atoms with E-state index in [-0.39, 0.29) is 24.0 Å². The topological polar surface area (TPSA) is 78.1 Å². The van der Waals surface area contributed by atoms with Gasteiger partial charge >= 0.3 is 0 Å². The molecule has 0 unspecified atom stereocenters. The lowest BCUT2D eigenvalue weighted by molar-refractivity contribution is 0.338. The minimum absolute atomic E-state index is 0. The summed E-state index contributed by atoms with van der Waals surface area (Å²) >= 11 is 0. The van der Waals surface area contributed by atoms with Crippen LogP contribution in [0.25, 0.3) is 0 Å². The molecule has 0 spiro atoms. The Morgan fingerprint density at radius 3 is 2.35 bits per heavy atom. The number of aliphatic imine (C=N–C) groups is 1. The van der Waals surface area contributed by atoms with Crippen LogP contribution in [0.2, 0.25) is 0 Å². The fraction of sp³-hybridized carbons (Fsp3) is 0.316. The lowest BCUT2D eigenvalue weighted by atomic mass is 10.1. The highest BCUT2D eigenvalue weighted by molar-refractivity contribution is 14.0. The van der Waals surface area contributed by atoms with E-state index >= 15 is 0 Å². The predicted molar refractivity (Wildman–Crippen MR) is 116 cm³/mol. The molecule has 0 aromatic heterocycles. The van der Waals surface area contributed by atoms with Gasteiger partial charge in [-0.2, -0.15) is 0 Å². The van der Waals surface area contributed by atoms with Gasteiger partial charge in [-0.05, 0) is 43.2 Å². The van der Waals surface area contributed by atoms with Crippen molar-refractivity contribution < 1.29 is 14.2 Å². The largest absolute Gasteiger partial charge is 0.494 e. The molecule has 7 heteroatoms. The van der Waals surface area contributed by atoms with Crippen molar-refractivity contribution in [2.24, 2.45) is 10.7 Å². The highest BCUT2D eigenvalue weighted by Crippen LogP contribution is 2.29. The summed E-state index contributed by atoms with van der Waals surface area (Å²) in [5, 5.41) is 3.05. The molecule has 0 saturated carbocycles. The second kappa shape index (κ2) is 10.7. The van der Waals surface area contributed by atoms with Crippen molar-refractivity contribution in [1.29, 1.82) is 0 Å². The van der Waals surface area contributed by atoms with E-state index in [2.05, 4.69) is 16.4 Å². The average Bonchev–Trinajstić information content (AvgIpc) is 2.62. The predicted octanol–water partition coefficient (Wildman–Crippen LogP) is 3.96. The van der Waals surface area contributed by atoms with Gasteiger partial charge in [0.05, 0.1) is 27.4 Å². The number of methoxy groups -OCH3 is 2. The Kier molecular flexibility index (Phi) is 9.04. The number of hydrogen-bond acceptors (Lipinski definition) is 4. The smallest absolute Gasteiger partial charge is 0.193 e. The highest BCUT2D eigenvalue weighted by Gasteiger charge is 2.05. The Labute approximate surface area is 171 Å². The maximum absolute atomic E-state index is 5.97. The third-order valence-electron chi connectivity index (χ3n) is 3.63. The molecule has 2 aromatic carbocycles. The van der Waals surface area contributed by atoms with Gasteiger partial charge in [0.1, 0.15) is 5.75 Å². The van der Waals surface area contributed by atoms with Crippen molar-refractivity contribution in [2.45, 2.75) is 20.4 Å². The Balaban J connectivity index is 0.00000338. The third kappa shape index (κ3) is 5.98. The molecule has 0 heterocycles. The summed E-state index contributed by atoms with van der Waals surface area (Å²) in [5.41, 5.74) is 8.90. The molecule has 0 atom stereocenters. The zero-order chi connectivity index (χ0) is 18.2. The van der Waals surface area contributed by atoms with Gasteiger partial charge in [-0.25, -0.2) is 4.99 Å². The SMILES string of the molecule is CCOc1ccc(CN=C(N)Nc2ccc(OC)c(OC)c2)cc1C.I. The van der Waals surface area contributed by atoms with Crippen molar-refractivity contribution >= 4 is 35.6 Å². The molecule has 3 N–H and O–H groups in total. The molecule has 0 amide bonds. The second-order valence-corrected chi connectivity index (χ2v) is 5.43. The van der Waals surface area contributed by atoms with Gasteiger partial charge < -0.3 is 25.3 Å². The van der Waals surface area contributed by atoms with E-state index in [9.17, 15) is 0 Å². The quantitative estimate of drug-likeness (QED) is 0.363. The van der Waals surface area contributed by atoms with Gasteiger partial charge in [-0.3, -0.25) is 0 Å². The maximum atomic E-state index is 5.97. The van der Waals surface area contributed by atoms with Crippen LogP contribution in [0, 0.1) is 6.92 Å². The minimum Gasteiger partial charge on any atom is -0.494 e. The number of hydrogen-bond donors (Lipinski definition) is 2. The molecule has 0 aliphatic carbocycles. The number of nitrogens with zero attached hydrogens (tertiary/aromatic N) is 1. The van der Waals surface area contributed by atoms with Crippen LogP contribution in [0.4, 0.5) is 5.69 Å². The maximum Gasteiger partial charge on any atom is 0.193 e. The van der Waals surface area contributed by atoms with Crippen LogP contribution >= 0.6 is 24.0 Å². The van der Waals surface area contributed by atoms with Crippen LogP contribution in [0.3, 0.4) is 0 Å². The van der Waals surface area contributed by atoms with Gasteiger partial charge in [0.15, 0.2) is 17.5 Å². The third-order valence-corrected chi connectivity index (χ3v) is 3.63. The van der Waals surface area contributed by atoms with Crippen molar-refractivity contribution in [3.8, 4) is 17.2 Å². The number of halogens is 1. The monoisotopic (exact) mass is 471 g/mol. The van der Waals surface area contributed by atoms with Gasteiger partial charge in [-0.1, -0.05) is 12.1 Å². The first-order valence-electron chi connectivity index (χ1n) is 8.08. The van der Waals surface area contributed by atoms with E-state index in [4.69, 9.17) is 19.9 Å². The number of benzene rings is 2. The standard InChI is InChI=1S/C19H25N3O3.HI/c1-5-25-16-8-6-14(10-13(16)2)12-21-19(20)22-15-7-9-17(23-3)18(11-15)24-4;/h6-11H,5,12H2,1-4H3,(H3,20,21,22);1H. The van der Waals surface area contributed by atoms with Crippen molar-refractivity contribution in [3.63, 3.8) is 0 Å². The van der Waals surface area contributed by atoms with E-state index in [0.717, 1.165) is 22.6 Å². The lowest BCUT2D eigenvalue weighted by Crippen LogP contribution is -2.22. The van der Waals surface area contributed by atoms with E-state index in [1.807, 2.05) is 44.2 Å². The molecule has 0 bridgehead atoms. The summed E-state index contributed by atoms with van der Waals surface area (Å²) in [4.78, 5) is 4.37. The van der Waals surface area contributed by atoms with Crippen LogP contribution in [0.5, 0.6) is 17.2 Å². The molecular weight excluding hydrogens is 445 g/mol. The summed E-state index contributed by atoms with van der Waals surface area (Å²) in [5.74, 6) is 2.52. The van der Waals surface area contributed by atoms with Crippen LogP contribution in [-0.2, 0) is 6.54 Å². The highest BCUT2D eigenvalue weighted by atomic mass is 127. The number of nitrogens with one attached hydrogen (secondary N) is 1. The number of aryl methyl sites for hydroxylation is 1. The van der Waals surface area contributed by atoms with E-state index in [1.54, 1.807) is 14.2 Å². The zero-order valence-electron chi connectivity index (χ0n) is 15.5. The van der Waals surface area contributed by atoms with Crippen LogP contribution in [0.1, 0.15) is 18.1 Å². The van der Waals surface area contributed by atoms with E-state index in [0.29, 0.717) is 30.6 Å². The Hall–Kier alpha value is -2.16. The van der Waals surface area contributed by atoms with Gasteiger partial charge in [-0.15, -0.1) is 24.0 Å². The summed E-state index contributed by atoms with van der Waals surface area (Å²) in [6.45, 7) is 5.13. The summed E-state index contributed by atoms with van der Waals surface area (Å²) in [6.07, 6.45) is 0. The van der Waals surface area contributed by atoms with Gasteiger partial charge in [0, 0.05) is 11.8 Å². The number of guanidine groups is 1. The van der Waals surface area contributed by atoms with Crippen LogP contribution < -0.4 is 25.3 Å². The fourth-order valence-corrected chi connectivity index (χ4v) is 2.41. The zero-order valence-corrected chi connectivity index (χ0v) is 17.9. The first-order chi connectivity index (χ1) is 12.1. The molecule has 0 fully saturated rings. The van der Waals surface area contributed by atoms with Crippen molar-refractivity contribution in [2.75, 3.05) is 26.1 Å². The summed E-state index contributed by atoms with van der Waals surface area (Å²) < 4.78 is 16.0. The molecule has 0 saturated heterocycles. The summed E-state index contributed by atoms with van der Waals surface area (Å²) in [6, 6.07) is 11.5. The average molecular weight is 471 g/mol. The van der Waals surface area contributed by atoms with E-state index in [1.165, 1.54) is 0 Å². The number of anilines is 1. The van der Waals surface area contributed by atoms with Gasteiger partial charge in [0.25, 0.3) is 0 Å². The van der Waals surface area contributed by atoms with Crippen molar-refractivity contribution in [3.05, 3.63) is 47.5 Å². The molecule has 26 heavy (non-hydrogen) atoms. The molecule has 2 rings (SSSR count).